The highest BCUT2D eigenvalue weighted by Crippen LogP contribution is 2.22. The molecule has 2 rings (SSSR count). The van der Waals surface area contributed by atoms with Crippen molar-refractivity contribution in [2.45, 2.75) is 39.7 Å². The molecule has 2 nitrogen and oxygen atoms in total. The molecule has 0 bridgehead atoms. The summed E-state index contributed by atoms with van der Waals surface area (Å²) in [6.45, 7) is 6.07. The van der Waals surface area contributed by atoms with E-state index in [1.807, 2.05) is 19.1 Å². The van der Waals surface area contributed by atoms with Gasteiger partial charge in [-0.15, -0.1) is 0 Å². The molecule has 1 aliphatic rings. The molecule has 0 aromatic heterocycles. The van der Waals surface area contributed by atoms with Gasteiger partial charge < -0.3 is 5.32 Å². The van der Waals surface area contributed by atoms with Crippen LogP contribution in [0.4, 0.5) is 0 Å². The Morgan fingerprint density at radius 3 is 3.06 bits per heavy atom. The molecule has 1 N–H and O–H groups in total. The maximum atomic E-state index is 12.4. The number of Topliss-reactive ketones (excluding diaryl/α,β-unsaturated/α-hetero) is 1. The van der Waals surface area contributed by atoms with Gasteiger partial charge in [0.25, 0.3) is 0 Å². The second kappa shape index (κ2) is 5.46. The second-order valence-corrected chi connectivity index (χ2v) is 4.92. The Labute approximate surface area is 103 Å². The maximum absolute atomic E-state index is 12.4. The highest BCUT2D eigenvalue weighted by atomic mass is 16.1. The Bertz CT molecular complexity index is 411. The number of ketones is 1. The molecule has 2 heteroatoms. The topological polar surface area (TPSA) is 29.1 Å². The van der Waals surface area contributed by atoms with Crippen LogP contribution in [0.15, 0.2) is 18.2 Å². The Morgan fingerprint density at radius 1 is 1.47 bits per heavy atom. The van der Waals surface area contributed by atoms with E-state index in [0.717, 1.165) is 37.9 Å². The average molecular weight is 231 g/mol. The molecule has 0 saturated carbocycles. The standard InChI is InChI=1S/C15H21NO/c1-3-5-11(2)15(17)14-7-4-6-12-10-16-9-8-13(12)14/h4,6-7,11,16H,3,5,8-10H2,1-2H3. The zero-order valence-electron chi connectivity index (χ0n) is 10.8. The Kier molecular flexibility index (Phi) is 3.95. The van der Waals surface area contributed by atoms with Crippen LogP contribution >= 0.6 is 0 Å². The second-order valence-electron chi connectivity index (χ2n) is 4.92. The van der Waals surface area contributed by atoms with Crippen LogP contribution in [0, 0.1) is 5.92 Å². The van der Waals surface area contributed by atoms with Crippen molar-refractivity contribution in [2.24, 2.45) is 5.92 Å². The predicted molar refractivity (Wildman–Crippen MR) is 70.3 cm³/mol. The zero-order valence-corrected chi connectivity index (χ0v) is 10.8. The summed E-state index contributed by atoms with van der Waals surface area (Å²) in [7, 11) is 0. The minimum Gasteiger partial charge on any atom is -0.312 e. The lowest BCUT2D eigenvalue weighted by Gasteiger charge is -2.21. The molecule has 0 radical (unpaired) electrons. The van der Waals surface area contributed by atoms with Crippen molar-refractivity contribution in [3.63, 3.8) is 0 Å². The number of benzene rings is 1. The fourth-order valence-electron chi connectivity index (χ4n) is 2.59. The first-order chi connectivity index (χ1) is 8.24. The van der Waals surface area contributed by atoms with Crippen molar-refractivity contribution < 1.29 is 4.79 Å². The van der Waals surface area contributed by atoms with Gasteiger partial charge in [0.05, 0.1) is 0 Å². The third-order valence-electron chi connectivity index (χ3n) is 3.57. The third-order valence-corrected chi connectivity index (χ3v) is 3.57. The molecule has 1 atom stereocenters. The van der Waals surface area contributed by atoms with Crippen LogP contribution in [0.1, 0.15) is 48.2 Å². The maximum Gasteiger partial charge on any atom is 0.165 e. The highest BCUT2D eigenvalue weighted by Gasteiger charge is 2.20. The lowest BCUT2D eigenvalue weighted by Crippen LogP contribution is -2.26. The van der Waals surface area contributed by atoms with E-state index in [0.29, 0.717) is 5.78 Å². The van der Waals surface area contributed by atoms with Gasteiger partial charge in [-0.1, -0.05) is 38.5 Å². The summed E-state index contributed by atoms with van der Waals surface area (Å²) in [5.74, 6) is 0.479. The molecule has 17 heavy (non-hydrogen) atoms. The van der Waals surface area contributed by atoms with Crippen LogP contribution in [0.5, 0.6) is 0 Å². The SMILES string of the molecule is CCCC(C)C(=O)c1cccc2c1CCNC2. The van der Waals surface area contributed by atoms with Crippen molar-refractivity contribution in [3.8, 4) is 0 Å². The quantitative estimate of drug-likeness (QED) is 0.807. The summed E-state index contributed by atoms with van der Waals surface area (Å²) in [4.78, 5) is 12.4. The molecule has 0 saturated heterocycles. The molecule has 1 unspecified atom stereocenters. The molecule has 1 aromatic carbocycles. The van der Waals surface area contributed by atoms with E-state index in [4.69, 9.17) is 0 Å². The molecule has 1 aliphatic heterocycles. The summed E-state index contributed by atoms with van der Waals surface area (Å²) in [6, 6.07) is 6.14. The fourth-order valence-corrected chi connectivity index (χ4v) is 2.59. The van der Waals surface area contributed by atoms with E-state index < -0.39 is 0 Å². The Balaban J connectivity index is 2.29. The van der Waals surface area contributed by atoms with Gasteiger partial charge in [-0.3, -0.25) is 4.79 Å². The largest absolute Gasteiger partial charge is 0.312 e. The van der Waals surface area contributed by atoms with Crippen molar-refractivity contribution in [1.29, 1.82) is 0 Å². The monoisotopic (exact) mass is 231 g/mol. The minimum absolute atomic E-state index is 0.154. The molecular formula is C15H21NO. The van der Waals surface area contributed by atoms with E-state index >= 15 is 0 Å². The van der Waals surface area contributed by atoms with E-state index in [1.165, 1.54) is 11.1 Å². The molecule has 1 heterocycles. The predicted octanol–water partition coefficient (Wildman–Crippen LogP) is 2.95. The van der Waals surface area contributed by atoms with E-state index in [-0.39, 0.29) is 5.92 Å². The van der Waals surface area contributed by atoms with Crippen molar-refractivity contribution in [1.82, 2.24) is 5.32 Å². The molecule has 0 fully saturated rings. The summed E-state index contributed by atoms with van der Waals surface area (Å²) >= 11 is 0. The molecule has 0 aliphatic carbocycles. The summed E-state index contributed by atoms with van der Waals surface area (Å²) in [6.07, 6.45) is 3.04. The average Bonchev–Trinajstić information content (AvgIpc) is 2.37. The van der Waals surface area contributed by atoms with Crippen molar-refractivity contribution in [2.75, 3.05) is 6.54 Å². The van der Waals surface area contributed by atoms with E-state index in [2.05, 4.69) is 18.3 Å². The van der Waals surface area contributed by atoms with Crippen LogP contribution in [-0.4, -0.2) is 12.3 Å². The van der Waals surface area contributed by atoms with Crippen molar-refractivity contribution in [3.05, 3.63) is 34.9 Å². The van der Waals surface area contributed by atoms with Crippen LogP contribution in [0.25, 0.3) is 0 Å². The first kappa shape index (κ1) is 12.3. The minimum atomic E-state index is 0.154. The summed E-state index contributed by atoms with van der Waals surface area (Å²) < 4.78 is 0. The van der Waals surface area contributed by atoms with Crippen molar-refractivity contribution >= 4 is 5.78 Å². The molecule has 0 spiro atoms. The van der Waals surface area contributed by atoms with Gasteiger partial charge in [0, 0.05) is 18.0 Å². The van der Waals surface area contributed by atoms with Gasteiger partial charge in [0.15, 0.2) is 5.78 Å². The molecule has 92 valence electrons. The van der Waals surface area contributed by atoms with Gasteiger partial charge in [-0.25, -0.2) is 0 Å². The number of carbonyl (C=O) groups excluding carboxylic acids is 1. The molecule has 1 aromatic rings. The smallest absolute Gasteiger partial charge is 0.165 e. The Morgan fingerprint density at radius 2 is 2.29 bits per heavy atom. The Hall–Kier alpha value is -1.15. The lowest BCUT2D eigenvalue weighted by molar-refractivity contribution is 0.0922. The summed E-state index contributed by atoms with van der Waals surface area (Å²) in [5.41, 5.74) is 3.54. The number of fused-ring (bicyclic) bond motifs is 1. The normalized spacial score (nSPS) is 16.4. The number of rotatable bonds is 4. The van der Waals surface area contributed by atoms with Crippen LogP contribution in [0.3, 0.4) is 0 Å². The molecular weight excluding hydrogens is 210 g/mol. The molecule has 0 amide bonds. The first-order valence-corrected chi connectivity index (χ1v) is 6.59. The van der Waals surface area contributed by atoms with E-state index in [9.17, 15) is 4.79 Å². The first-order valence-electron chi connectivity index (χ1n) is 6.59. The van der Waals surface area contributed by atoms with Gasteiger partial charge >= 0.3 is 0 Å². The number of hydrogen-bond acceptors (Lipinski definition) is 2. The van der Waals surface area contributed by atoms with Crippen LogP contribution < -0.4 is 5.32 Å². The van der Waals surface area contributed by atoms with Crippen LogP contribution in [0.2, 0.25) is 0 Å². The van der Waals surface area contributed by atoms with Crippen LogP contribution in [-0.2, 0) is 13.0 Å². The lowest BCUT2D eigenvalue weighted by atomic mass is 9.88. The van der Waals surface area contributed by atoms with Gasteiger partial charge in [0.1, 0.15) is 0 Å². The van der Waals surface area contributed by atoms with Gasteiger partial charge in [-0.05, 0) is 30.5 Å². The third kappa shape index (κ3) is 2.58. The number of carbonyl (C=O) groups is 1. The zero-order chi connectivity index (χ0) is 12.3. The van der Waals surface area contributed by atoms with Gasteiger partial charge in [0.2, 0.25) is 0 Å². The van der Waals surface area contributed by atoms with E-state index in [1.54, 1.807) is 0 Å². The highest BCUT2D eigenvalue weighted by molar-refractivity contribution is 5.99. The number of hydrogen-bond donors (Lipinski definition) is 1. The van der Waals surface area contributed by atoms with Gasteiger partial charge in [-0.2, -0.15) is 0 Å². The fraction of sp³-hybridized carbons (Fsp3) is 0.533. The number of nitrogens with one attached hydrogen (secondary N) is 1. The summed E-state index contributed by atoms with van der Waals surface area (Å²) in [5, 5.41) is 3.35.